The second kappa shape index (κ2) is 9.59. The Hall–Kier alpha value is -2.12. The van der Waals surface area contributed by atoms with E-state index in [0.717, 1.165) is 51.6 Å². The fourth-order valence-corrected chi connectivity index (χ4v) is 4.52. The van der Waals surface area contributed by atoms with Gasteiger partial charge in [-0.25, -0.2) is 4.79 Å². The van der Waals surface area contributed by atoms with Crippen molar-refractivity contribution in [1.82, 2.24) is 30.5 Å². The molecule has 0 aromatic carbocycles. The van der Waals surface area contributed by atoms with Crippen molar-refractivity contribution in [3.05, 3.63) is 11.9 Å². The number of urea groups is 1. The smallest absolute Gasteiger partial charge is 0.317 e. The lowest BCUT2D eigenvalue weighted by atomic mass is 9.95. The molecule has 1 atom stereocenters. The fourth-order valence-electron chi connectivity index (χ4n) is 4.52. The highest BCUT2D eigenvalue weighted by Gasteiger charge is 2.28. The number of aromatic nitrogens is 3. The van der Waals surface area contributed by atoms with Crippen LogP contribution in [-0.4, -0.2) is 57.0 Å². The van der Waals surface area contributed by atoms with Crippen LogP contribution in [0, 0.1) is 5.92 Å². The van der Waals surface area contributed by atoms with E-state index in [4.69, 9.17) is 0 Å². The van der Waals surface area contributed by atoms with Crippen LogP contribution in [0.25, 0.3) is 0 Å². The van der Waals surface area contributed by atoms with Crippen LogP contribution in [0.5, 0.6) is 0 Å². The molecule has 1 saturated heterocycles. The van der Waals surface area contributed by atoms with E-state index in [-0.39, 0.29) is 18.0 Å². The zero-order valence-electron chi connectivity index (χ0n) is 17.3. The van der Waals surface area contributed by atoms with Gasteiger partial charge in [-0.05, 0) is 57.3 Å². The lowest BCUT2D eigenvalue weighted by Crippen LogP contribution is -2.51. The fraction of sp³-hybridized carbons (Fsp3) is 0.810. The average Bonchev–Trinajstić information content (AvgIpc) is 3.46. The van der Waals surface area contributed by atoms with Crippen LogP contribution >= 0.6 is 0 Å². The summed E-state index contributed by atoms with van der Waals surface area (Å²) in [7, 11) is 0. The number of aryl methyl sites for hydroxylation is 1. The summed E-state index contributed by atoms with van der Waals surface area (Å²) in [5.74, 6) is 0.500. The van der Waals surface area contributed by atoms with Crippen molar-refractivity contribution < 1.29 is 9.59 Å². The maximum Gasteiger partial charge on any atom is 0.317 e. The van der Waals surface area contributed by atoms with E-state index in [2.05, 4.69) is 20.9 Å². The highest BCUT2D eigenvalue weighted by Crippen LogP contribution is 2.27. The monoisotopic (exact) mass is 402 g/mol. The van der Waals surface area contributed by atoms with E-state index in [1.54, 1.807) is 10.9 Å². The van der Waals surface area contributed by atoms with Gasteiger partial charge in [-0.1, -0.05) is 24.5 Å². The van der Waals surface area contributed by atoms with Gasteiger partial charge in [0.25, 0.3) is 5.91 Å². The SMILES string of the molecule is O=C(NCC1CC1)c1cn(CCC2CCCCN2C(=O)NC2CCCCC2)nn1. The van der Waals surface area contributed by atoms with E-state index < -0.39 is 0 Å². The topological polar surface area (TPSA) is 92.2 Å². The summed E-state index contributed by atoms with van der Waals surface area (Å²) < 4.78 is 1.73. The Morgan fingerprint density at radius 3 is 2.62 bits per heavy atom. The summed E-state index contributed by atoms with van der Waals surface area (Å²) in [4.78, 5) is 27.0. The second-order valence-electron chi connectivity index (χ2n) is 8.94. The third-order valence-electron chi connectivity index (χ3n) is 6.53. The van der Waals surface area contributed by atoms with Gasteiger partial charge < -0.3 is 15.5 Å². The number of rotatable bonds is 7. The Morgan fingerprint density at radius 2 is 1.83 bits per heavy atom. The molecule has 0 spiro atoms. The number of nitrogens with one attached hydrogen (secondary N) is 2. The highest BCUT2D eigenvalue weighted by molar-refractivity contribution is 5.91. The minimum atomic E-state index is -0.144. The lowest BCUT2D eigenvalue weighted by Gasteiger charge is -2.37. The van der Waals surface area contributed by atoms with Gasteiger partial charge in [-0.15, -0.1) is 5.10 Å². The van der Waals surface area contributed by atoms with Crippen molar-refractivity contribution in [3.63, 3.8) is 0 Å². The summed E-state index contributed by atoms with van der Waals surface area (Å²) >= 11 is 0. The second-order valence-corrected chi connectivity index (χ2v) is 8.94. The summed E-state index contributed by atoms with van der Waals surface area (Å²) in [6, 6.07) is 0.662. The zero-order valence-corrected chi connectivity index (χ0v) is 17.3. The Labute approximate surface area is 172 Å². The van der Waals surface area contributed by atoms with Gasteiger partial charge in [0.05, 0.1) is 6.20 Å². The molecule has 1 aromatic rings. The molecule has 0 bridgehead atoms. The number of hydrogen-bond acceptors (Lipinski definition) is 4. The molecule has 1 unspecified atom stereocenters. The van der Waals surface area contributed by atoms with Gasteiger partial charge in [-0.3, -0.25) is 9.48 Å². The molecule has 2 aliphatic carbocycles. The number of likely N-dealkylation sites (tertiary alicyclic amines) is 1. The van der Waals surface area contributed by atoms with Crippen LogP contribution in [0.3, 0.4) is 0 Å². The molecule has 2 N–H and O–H groups in total. The standard InChI is InChI=1S/C21H34N6O2/c28-20(22-14-16-9-10-16)19-15-26(25-24-19)13-11-18-8-4-5-12-27(18)21(29)23-17-6-2-1-3-7-17/h15-18H,1-14H2,(H,22,28)(H,23,29). The Bertz CT molecular complexity index is 695. The van der Waals surface area contributed by atoms with Crippen LogP contribution in [0.2, 0.25) is 0 Å². The molecule has 3 aliphatic rings. The van der Waals surface area contributed by atoms with Crippen LogP contribution in [0.1, 0.15) is 81.1 Å². The summed E-state index contributed by atoms with van der Waals surface area (Å²) in [6.07, 6.45) is 14.2. The van der Waals surface area contributed by atoms with E-state index in [9.17, 15) is 9.59 Å². The normalized spacial score (nSPS) is 23.0. The third kappa shape index (κ3) is 5.70. The predicted octanol–water partition coefficient (Wildman–Crippen LogP) is 2.70. The summed E-state index contributed by atoms with van der Waals surface area (Å²) in [5.41, 5.74) is 0.376. The summed E-state index contributed by atoms with van der Waals surface area (Å²) in [6.45, 7) is 2.23. The van der Waals surface area contributed by atoms with E-state index in [1.165, 1.54) is 32.1 Å². The molecule has 3 fully saturated rings. The molecule has 160 valence electrons. The molecular weight excluding hydrogens is 368 g/mol. The molecule has 3 amide bonds. The van der Waals surface area contributed by atoms with Gasteiger partial charge in [0.2, 0.25) is 0 Å². The Morgan fingerprint density at radius 1 is 1.03 bits per heavy atom. The van der Waals surface area contributed by atoms with Gasteiger partial charge >= 0.3 is 6.03 Å². The molecule has 1 aromatic heterocycles. The number of hydrogen-bond donors (Lipinski definition) is 2. The third-order valence-corrected chi connectivity index (χ3v) is 6.53. The molecule has 2 heterocycles. The predicted molar refractivity (Wildman–Crippen MR) is 109 cm³/mol. The molecule has 8 heteroatoms. The molecule has 2 saturated carbocycles. The number of nitrogens with zero attached hydrogens (tertiary/aromatic N) is 4. The lowest BCUT2D eigenvalue weighted by molar-refractivity contribution is 0.0946. The van der Waals surface area contributed by atoms with E-state index >= 15 is 0 Å². The minimum absolute atomic E-state index is 0.0975. The number of amides is 3. The van der Waals surface area contributed by atoms with Crippen molar-refractivity contribution in [2.75, 3.05) is 13.1 Å². The van der Waals surface area contributed by atoms with E-state index in [1.807, 2.05) is 4.90 Å². The van der Waals surface area contributed by atoms with Crippen LogP contribution in [0.15, 0.2) is 6.20 Å². The van der Waals surface area contributed by atoms with Gasteiger partial charge in [0.1, 0.15) is 0 Å². The molecule has 0 radical (unpaired) electrons. The van der Waals surface area contributed by atoms with Crippen molar-refractivity contribution in [2.24, 2.45) is 5.92 Å². The maximum absolute atomic E-state index is 12.8. The summed E-state index contributed by atoms with van der Waals surface area (Å²) in [5, 5.41) is 14.3. The first-order valence-electron chi connectivity index (χ1n) is 11.4. The van der Waals surface area contributed by atoms with Crippen molar-refractivity contribution in [2.45, 2.75) is 89.3 Å². The van der Waals surface area contributed by atoms with Crippen LogP contribution < -0.4 is 10.6 Å². The Kier molecular flexibility index (Phi) is 6.67. The minimum Gasteiger partial charge on any atom is -0.350 e. The van der Waals surface area contributed by atoms with Crippen molar-refractivity contribution in [3.8, 4) is 0 Å². The molecule has 1 aliphatic heterocycles. The maximum atomic E-state index is 12.8. The van der Waals surface area contributed by atoms with E-state index in [0.29, 0.717) is 24.2 Å². The first-order valence-corrected chi connectivity index (χ1v) is 11.4. The molecular formula is C21H34N6O2. The average molecular weight is 403 g/mol. The largest absolute Gasteiger partial charge is 0.350 e. The number of piperidine rings is 1. The number of carbonyl (C=O) groups excluding carboxylic acids is 2. The first kappa shape index (κ1) is 20.2. The van der Waals surface area contributed by atoms with Crippen LogP contribution in [0.4, 0.5) is 4.79 Å². The van der Waals surface area contributed by atoms with Gasteiger partial charge in [0, 0.05) is 31.7 Å². The number of carbonyl (C=O) groups is 2. The Balaban J connectivity index is 1.26. The van der Waals surface area contributed by atoms with Crippen molar-refractivity contribution in [1.29, 1.82) is 0 Å². The highest BCUT2D eigenvalue weighted by atomic mass is 16.2. The van der Waals surface area contributed by atoms with Crippen LogP contribution in [-0.2, 0) is 6.54 Å². The quantitative estimate of drug-likeness (QED) is 0.733. The van der Waals surface area contributed by atoms with Gasteiger partial charge in [0.15, 0.2) is 5.69 Å². The molecule has 4 rings (SSSR count). The first-order chi connectivity index (χ1) is 14.2. The van der Waals surface area contributed by atoms with Gasteiger partial charge in [-0.2, -0.15) is 0 Å². The zero-order chi connectivity index (χ0) is 20.1. The molecule has 29 heavy (non-hydrogen) atoms. The molecule has 8 nitrogen and oxygen atoms in total. The van der Waals surface area contributed by atoms with Crippen molar-refractivity contribution >= 4 is 11.9 Å².